The molecular formula is C13H17N3O3S. The predicted octanol–water partition coefficient (Wildman–Crippen LogP) is 1.29. The summed E-state index contributed by atoms with van der Waals surface area (Å²) in [6.45, 7) is 0.550. The average Bonchev–Trinajstić information content (AvgIpc) is 2.80. The van der Waals surface area contributed by atoms with Gasteiger partial charge in [0.05, 0.1) is 24.2 Å². The summed E-state index contributed by atoms with van der Waals surface area (Å²) >= 11 is 0. The van der Waals surface area contributed by atoms with E-state index in [1.165, 1.54) is 19.2 Å². The number of hydrogen-bond donors (Lipinski definition) is 2. The monoisotopic (exact) mass is 295 g/mol. The number of ether oxygens (including phenoxy) is 1. The molecule has 0 spiro atoms. The fraction of sp³-hybridized carbons (Fsp3) is 0.231. The SMILES string of the molecule is COc1ccc(S(N)(=O)=O)cc1NCc1cccn1C. The summed E-state index contributed by atoms with van der Waals surface area (Å²) in [5.74, 6) is 0.562. The Kier molecular flexibility index (Phi) is 4.01. The highest BCUT2D eigenvalue weighted by Gasteiger charge is 2.12. The van der Waals surface area contributed by atoms with E-state index in [-0.39, 0.29) is 4.90 Å². The number of anilines is 1. The molecule has 0 aliphatic carbocycles. The number of aryl methyl sites for hydroxylation is 1. The van der Waals surface area contributed by atoms with Crippen molar-refractivity contribution in [1.82, 2.24) is 4.57 Å². The summed E-state index contributed by atoms with van der Waals surface area (Å²) in [4.78, 5) is 0.0488. The van der Waals surface area contributed by atoms with Gasteiger partial charge in [0.25, 0.3) is 0 Å². The number of nitrogens with two attached hydrogens (primary N) is 1. The lowest BCUT2D eigenvalue weighted by atomic mass is 10.3. The molecule has 108 valence electrons. The van der Waals surface area contributed by atoms with Crippen LogP contribution < -0.4 is 15.2 Å². The van der Waals surface area contributed by atoms with E-state index in [1.807, 2.05) is 29.9 Å². The largest absolute Gasteiger partial charge is 0.495 e. The van der Waals surface area contributed by atoms with Crippen molar-refractivity contribution < 1.29 is 13.2 Å². The average molecular weight is 295 g/mol. The van der Waals surface area contributed by atoms with E-state index in [0.29, 0.717) is 18.0 Å². The van der Waals surface area contributed by atoms with E-state index in [2.05, 4.69) is 5.32 Å². The number of methoxy groups -OCH3 is 1. The first-order chi connectivity index (χ1) is 9.41. The molecule has 0 saturated carbocycles. The van der Waals surface area contributed by atoms with Crippen molar-refractivity contribution >= 4 is 15.7 Å². The molecule has 0 bridgehead atoms. The molecule has 0 amide bonds. The second kappa shape index (κ2) is 5.56. The van der Waals surface area contributed by atoms with Crippen molar-refractivity contribution in [2.75, 3.05) is 12.4 Å². The Morgan fingerprint density at radius 3 is 2.65 bits per heavy atom. The minimum absolute atomic E-state index is 0.0488. The summed E-state index contributed by atoms with van der Waals surface area (Å²) in [6.07, 6.45) is 1.94. The summed E-state index contributed by atoms with van der Waals surface area (Å²) in [6, 6.07) is 8.38. The fourth-order valence-corrected chi connectivity index (χ4v) is 2.41. The van der Waals surface area contributed by atoms with Gasteiger partial charge in [-0.1, -0.05) is 0 Å². The molecule has 0 saturated heterocycles. The van der Waals surface area contributed by atoms with Crippen molar-refractivity contribution in [1.29, 1.82) is 0 Å². The number of nitrogens with one attached hydrogen (secondary N) is 1. The number of hydrogen-bond acceptors (Lipinski definition) is 4. The highest BCUT2D eigenvalue weighted by Crippen LogP contribution is 2.27. The first-order valence-corrected chi connectivity index (χ1v) is 7.51. The number of rotatable bonds is 5. The molecule has 3 N–H and O–H groups in total. The lowest BCUT2D eigenvalue weighted by Crippen LogP contribution is -2.13. The number of primary sulfonamides is 1. The van der Waals surface area contributed by atoms with E-state index in [1.54, 1.807) is 6.07 Å². The first-order valence-electron chi connectivity index (χ1n) is 5.97. The minimum Gasteiger partial charge on any atom is -0.495 e. The van der Waals surface area contributed by atoms with Crippen LogP contribution in [0.5, 0.6) is 5.75 Å². The summed E-state index contributed by atoms with van der Waals surface area (Å²) in [5, 5.41) is 8.29. The van der Waals surface area contributed by atoms with E-state index >= 15 is 0 Å². The molecule has 1 aromatic heterocycles. The smallest absolute Gasteiger partial charge is 0.238 e. The molecule has 2 aromatic rings. The lowest BCUT2D eigenvalue weighted by molar-refractivity contribution is 0.416. The third-order valence-electron chi connectivity index (χ3n) is 3.01. The van der Waals surface area contributed by atoms with Crippen molar-refractivity contribution in [2.45, 2.75) is 11.4 Å². The fourth-order valence-electron chi connectivity index (χ4n) is 1.87. The molecular weight excluding hydrogens is 278 g/mol. The number of nitrogens with zero attached hydrogens (tertiary/aromatic N) is 1. The van der Waals surface area contributed by atoms with Crippen LogP contribution in [-0.4, -0.2) is 20.1 Å². The van der Waals surface area contributed by atoms with Crippen molar-refractivity contribution in [3.05, 3.63) is 42.2 Å². The molecule has 1 heterocycles. The van der Waals surface area contributed by atoms with Crippen LogP contribution in [0.3, 0.4) is 0 Å². The van der Waals surface area contributed by atoms with Gasteiger partial charge in [-0.15, -0.1) is 0 Å². The Bertz CT molecular complexity index is 707. The van der Waals surface area contributed by atoms with Crippen LogP contribution in [0.1, 0.15) is 5.69 Å². The topological polar surface area (TPSA) is 86.3 Å². The van der Waals surface area contributed by atoms with Crippen LogP contribution in [0, 0.1) is 0 Å². The molecule has 0 unspecified atom stereocenters. The van der Waals surface area contributed by atoms with E-state index in [9.17, 15) is 8.42 Å². The normalized spacial score (nSPS) is 11.3. The third-order valence-corrected chi connectivity index (χ3v) is 3.92. The third kappa shape index (κ3) is 3.12. The van der Waals surface area contributed by atoms with E-state index < -0.39 is 10.0 Å². The van der Waals surface area contributed by atoms with Gasteiger partial charge < -0.3 is 14.6 Å². The van der Waals surface area contributed by atoms with E-state index in [0.717, 1.165) is 5.69 Å². The van der Waals surface area contributed by atoms with Gasteiger partial charge in [0.1, 0.15) is 5.75 Å². The molecule has 7 heteroatoms. The number of aromatic nitrogens is 1. The van der Waals surface area contributed by atoms with Crippen LogP contribution in [-0.2, 0) is 23.6 Å². The number of sulfonamides is 1. The molecule has 0 radical (unpaired) electrons. The van der Waals surface area contributed by atoms with Gasteiger partial charge in [-0.2, -0.15) is 0 Å². The van der Waals surface area contributed by atoms with Crippen molar-refractivity contribution in [3.8, 4) is 5.75 Å². The van der Waals surface area contributed by atoms with Crippen LogP contribution in [0.15, 0.2) is 41.4 Å². The Labute approximate surface area is 118 Å². The Balaban J connectivity index is 2.27. The molecule has 0 atom stereocenters. The van der Waals surface area contributed by atoms with Crippen LogP contribution in [0.2, 0.25) is 0 Å². The maximum absolute atomic E-state index is 11.4. The predicted molar refractivity (Wildman–Crippen MR) is 77.1 cm³/mol. The van der Waals surface area contributed by atoms with Gasteiger partial charge in [-0.3, -0.25) is 0 Å². The summed E-state index contributed by atoms with van der Waals surface area (Å²) in [7, 11) is -0.264. The Hall–Kier alpha value is -1.99. The Morgan fingerprint density at radius 2 is 2.10 bits per heavy atom. The van der Waals surface area contributed by atoms with Gasteiger partial charge in [-0.25, -0.2) is 13.6 Å². The molecule has 20 heavy (non-hydrogen) atoms. The van der Waals surface area contributed by atoms with Gasteiger partial charge >= 0.3 is 0 Å². The molecule has 0 aliphatic rings. The molecule has 1 aromatic carbocycles. The number of benzene rings is 1. The Morgan fingerprint density at radius 1 is 1.35 bits per heavy atom. The lowest BCUT2D eigenvalue weighted by Gasteiger charge is -2.13. The molecule has 0 fully saturated rings. The van der Waals surface area contributed by atoms with Crippen LogP contribution in [0.25, 0.3) is 0 Å². The maximum atomic E-state index is 11.4. The van der Waals surface area contributed by atoms with Gasteiger partial charge in [-0.05, 0) is 30.3 Å². The van der Waals surface area contributed by atoms with E-state index in [4.69, 9.17) is 9.88 Å². The molecule has 6 nitrogen and oxygen atoms in total. The highest BCUT2D eigenvalue weighted by atomic mass is 32.2. The summed E-state index contributed by atoms with van der Waals surface area (Å²) in [5.41, 5.74) is 1.65. The van der Waals surface area contributed by atoms with Crippen LogP contribution in [0.4, 0.5) is 5.69 Å². The summed E-state index contributed by atoms with van der Waals surface area (Å²) < 4.78 is 29.9. The second-order valence-electron chi connectivity index (χ2n) is 4.37. The molecule has 0 aliphatic heterocycles. The van der Waals surface area contributed by atoms with Gasteiger partial charge in [0, 0.05) is 18.9 Å². The zero-order valence-corrected chi connectivity index (χ0v) is 12.1. The van der Waals surface area contributed by atoms with Crippen LogP contribution >= 0.6 is 0 Å². The van der Waals surface area contributed by atoms with Crippen molar-refractivity contribution in [3.63, 3.8) is 0 Å². The standard InChI is InChI=1S/C13H17N3O3S/c1-16-7-3-4-10(16)9-15-12-8-11(20(14,17)18)5-6-13(12)19-2/h3-8,15H,9H2,1-2H3,(H2,14,17,18). The highest BCUT2D eigenvalue weighted by molar-refractivity contribution is 7.89. The quantitative estimate of drug-likeness (QED) is 0.870. The molecule has 2 rings (SSSR count). The minimum atomic E-state index is -3.73. The van der Waals surface area contributed by atoms with Gasteiger partial charge in [0.15, 0.2) is 0 Å². The zero-order chi connectivity index (χ0) is 14.8. The van der Waals surface area contributed by atoms with Crippen molar-refractivity contribution in [2.24, 2.45) is 12.2 Å². The second-order valence-corrected chi connectivity index (χ2v) is 5.93. The maximum Gasteiger partial charge on any atom is 0.238 e. The van der Waals surface area contributed by atoms with Gasteiger partial charge in [0.2, 0.25) is 10.0 Å². The first kappa shape index (κ1) is 14.4. The zero-order valence-electron chi connectivity index (χ0n) is 11.3.